The molecular formula is C20H16F2N4O2S2. The molecule has 1 N–H and O–H groups in total. The summed E-state index contributed by atoms with van der Waals surface area (Å²) in [7, 11) is 0. The predicted molar refractivity (Wildman–Crippen MR) is 113 cm³/mol. The second kappa shape index (κ2) is 9.23. The zero-order valence-electron chi connectivity index (χ0n) is 15.7. The summed E-state index contributed by atoms with van der Waals surface area (Å²) in [5, 5.41) is 14.5. The molecule has 0 amide bonds. The Kier molecular flexibility index (Phi) is 6.24. The van der Waals surface area contributed by atoms with Gasteiger partial charge in [0.1, 0.15) is 5.75 Å². The van der Waals surface area contributed by atoms with E-state index in [1.807, 2.05) is 36.6 Å². The van der Waals surface area contributed by atoms with E-state index in [0.29, 0.717) is 22.4 Å². The van der Waals surface area contributed by atoms with Gasteiger partial charge in [-0.15, -0.1) is 21.5 Å². The van der Waals surface area contributed by atoms with Gasteiger partial charge in [-0.3, -0.25) is 0 Å². The molecule has 0 unspecified atom stereocenters. The van der Waals surface area contributed by atoms with Crippen LogP contribution < -0.4 is 10.1 Å². The lowest BCUT2D eigenvalue weighted by Gasteiger charge is -2.05. The first-order valence-electron chi connectivity index (χ1n) is 8.85. The molecule has 0 spiro atoms. The Morgan fingerprint density at radius 2 is 1.93 bits per heavy atom. The third kappa shape index (κ3) is 5.14. The van der Waals surface area contributed by atoms with Crippen molar-refractivity contribution < 1.29 is 17.9 Å². The lowest BCUT2D eigenvalue weighted by atomic mass is 10.2. The number of alkyl halides is 2. The monoisotopic (exact) mass is 446 g/mol. The average Bonchev–Trinajstić information content (AvgIpc) is 3.38. The number of halogens is 2. The zero-order chi connectivity index (χ0) is 20.9. The van der Waals surface area contributed by atoms with E-state index in [1.165, 1.54) is 35.2 Å². The van der Waals surface area contributed by atoms with Crippen molar-refractivity contribution in [1.82, 2.24) is 15.2 Å². The topological polar surface area (TPSA) is 73.1 Å². The fourth-order valence-electron chi connectivity index (χ4n) is 2.56. The molecule has 0 saturated heterocycles. The van der Waals surface area contributed by atoms with Crippen LogP contribution in [0.4, 0.5) is 19.6 Å². The second-order valence-corrected chi connectivity index (χ2v) is 7.93. The van der Waals surface area contributed by atoms with Crippen LogP contribution in [0, 0.1) is 6.92 Å². The Morgan fingerprint density at radius 1 is 1.13 bits per heavy atom. The van der Waals surface area contributed by atoms with Crippen LogP contribution in [0.15, 0.2) is 63.6 Å². The van der Waals surface area contributed by atoms with Gasteiger partial charge in [-0.25, -0.2) is 4.98 Å². The lowest BCUT2D eigenvalue weighted by Crippen LogP contribution is -2.01. The number of hydrogen-bond acceptors (Lipinski definition) is 8. The lowest BCUT2D eigenvalue weighted by molar-refractivity contribution is -0.0498. The van der Waals surface area contributed by atoms with E-state index in [1.54, 1.807) is 12.1 Å². The molecule has 30 heavy (non-hydrogen) atoms. The molecule has 0 saturated carbocycles. The normalized spacial score (nSPS) is 11.1. The van der Waals surface area contributed by atoms with Crippen molar-refractivity contribution in [2.24, 2.45) is 0 Å². The number of thioether (sulfide) groups is 1. The van der Waals surface area contributed by atoms with Crippen LogP contribution in [0.25, 0.3) is 11.5 Å². The molecule has 6 nitrogen and oxygen atoms in total. The van der Waals surface area contributed by atoms with Crippen LogP contribution in [-0.2, 0) is 5.75 Å². The summed E-state index contributed by atoms with van der Waals surface area (Å²) in [5.74, 6) is 0.956. The maximum atomic E-state index is 12.2. The number of para-hydroxylation sites is 1. The van der Waals surface area contributed by atoms with Crippen molar-refractivity contribution in [2.45, 2.75) is 24.5 Å². The Bertz CT molecular complexity index is 1120. The molecule has 4 aromatic rings. The Labute approximate surface area is 179 Å². The van der Waals surface area contributed by atoms with Crippen LogP contribution >= 0.6 is 23.1 Å². The van der Waals surface area contributed by atoms with E-state index in [0.717, 1.165) is 22.1 Å². The highest BCUT2D eigenvalue weighted by Crippen LogP contribution is 2.29. The van der Waals surface area contributed by atoms with Gasteiger partial charge >= 0.3 is 6.61 Å². The van der Waals surface area contributed by atoms with Crippen LogP contribution in [0.3, 0.4) is 0 Å². The molecule has 10 heteroatoms. The van der Waals surface area contributed by atoms with Crippen LogP contribution in [-0.4, -0.2) is 21.8 Å². The van der Waals surface area contributed by atoms with Crippen molar-refractivity contribution >= 4 is 33.9 Å². The summed E-state index contributed by atoms with van der Waals surface area (Å²) in [5.41, 5.74) is 3.69. The molecule has 0 radical (unpaired) electrons. The number of benzene rings is 2. The molecule has 4 rings (SSSR count). The van der Waals surface area contributed by atoms with Gasteiger partial charge in [0.2, 0.25) is 5.89 Å². The van der Waals surface area contributed by atoms with Crippen molar-refractivity contribution in [1.29, 1.82) is 0 Å². The maximum absolute atomic E-state index is 12.2. The number of rotatable bonds is 8. The minimum atomic E-state index is -2.86. The van der Waals surface area contributed by atoms with E-state index < -0.39 is 6.61 Å². The number of anilines is 2. The highest BCUT2D eigenvalue weighted by molar-refractivity contribution is 7.98. The molecule has 0 atom stereocenters. The van der Waals surface area contributed by atoms with Gasteiger partial charge in [0.05, 0.1) is 5.69 Å². The van der Waals surface area contributed by atoms with Crippen molar-refractivity contribution in [3.8, 4) is 17.2 Å². The summed E-state index contributed by atoms with van der Waals surface area (Å²) < 4.78 is 34.4. The van der Waals surface area contributed by atoms with E-state index in [9.17, 15) is 8.78 Å². The first-order valence-corrected chi connectivity index (χ1v) is 10.7. The van der Waals surface area contributed by atoms with Gasteiger partial charge < -0.3 is 14.5 Å². The summed E-state index contributed by atoms with van der Waals surface area (Å²) in [6.45, 7) is -0.820. The van der Waals surface area contributed by atoms with E-state index in [2.05, 4.69) is 25.2 Å². The Morgan fingerprint density at radius 3 is 2.70 bits per heavy atom. The minimum Gasteiger partial charge on any atom is -0.435 e. The number of ether oxygens (including phenoxy) is 1. The minimum absolute atomic E-state index is 0.0708. The summed E-state index contributed by atoms with van der Waals surface area (Å²) in [4.78, 5) is 4.58. The molecule has 0 aliphatic rings. The third-order valence-electron chi connectivity index (χ3n) is 4.01. The van der Waals surface area contributed by atoms with Gasteiger partial charge in [0, 0.05) is 22.4 Å². The number of thiazole rings is 1. The third-order valence-corrected chi connectivity index (χ3v) is 5.67. The van der Waals surface area contributed by atoms with Gasteiger partial charge in [0.25, 0.3) is 5.22 Å². The van der Waals surface area contributed by atoms with Crippen LogP contribution in [0.5, 0.6) is 5.75 Å². The predicted octanol–water partition coefficient (Wildman–Crippen LogP) is 6.14. The first-order chi connectivity index (χ1) is 14.6. The number of nitrogens with one attached hydrogen (secondary N) is 1. The smallest absolute Gasteiger partial charge is 0.387 e. The van der Waals surface area contributed by atoms with Gasteiger partial charge in [-0.2, -0.15) is 8.78 Å². The van der Waals surface area contributed by atoms with Crippen molar-refractivity contribution in [3.05, 3.63) is 65.2 Å². The number of nitrogens with zero attached hydrogens (tertiary/aromatic N) is 3. The largest absolute Gasteiger partial charge is 0.435 e. The van der Waals surface area contributed by atoms with E-state index >= 15 is 0 Å². The SMILES string of the molecule is Cc1ccccc1Nc1nc(CSc2nnc(-c3ccc(OC(F)F)cc3)o2)cs1. The van der Waals surface area contributed by atoms with Crippen LogP contribution in [0.2, 0.25) is 0 Å². The van der Waals surface area contributed by atoms with Gasteiger partial charge in [-0.1, -0.05) is 30.0 Å². The fourth-order valence-corrected chi connectivity index (χ4v) is 4.04. The van der Waals surface area contributed by atoms with Gasteiger partial charge in [0.15, 0.2) is 5.13 Å². The van der Waals surface area contributed by atoms with E-state index in [4.69, 9.17) is 4.42 Å². The molecule has 0 aliphatic heterocycles. The molecule has 2 aromatic heterocycles. The quantitative estimate of drug-likeness (QED) is 0.326. The zero-order valence-corrected chi connectivity index (χ0v) is 17.3. The highest BCUT2D eigenvalue weighted by Gasteiger charge is 2.12. The number of aryl methyl sites for hydroxylation is 1. The number of hydrogen-bond donors (Lipinski definition) is 1. The standard InChI is InChI=1S/C20H16F2N4O2S2/c1-12-4-2-3-5-16(12)24-19-23-14(10-29-19)11-30-20-26-25-17(28-20)13-6-8-15(9-7-13)27-18(21)22/h2-10,18H,11H2,1H3,(H,23,24). The summed E-state index contributed by atoms with van der Waals surface area (Å²) >= 11 is 2.90. The molecule has 0 aliphatic carbocycles. The Hall–Kier alpha value is -2.98. The second-order valence-electron chi connectivity index (χ2n) is 6.15. The van der Waals surface area contributed by atoms with Gasteiger partial charge in [-0.05, 0) is 42.8 Å². The highest BCUT2D eigenvalue weighted by atomic mass is 32.2. The molecule has 0 fully saturated rings. The fraction of sp³-hybridized carbons (Fsp3) is 0.150. The Balaban J connectivity index is 1.35. The van der Waals surface area contributed by atoms with E-state index in [-0.39, 0.29) is 5.75 Å². The molecular weight excluding hydrogens is 430 g/mol. The molecule has 2 aromatic carbocycles. The maximum Gasteiger partial charge on any atom is 0.387 e. The summed E-state index contributed by atoms with van der Waals surface area (Å²) in [6, 6.07) is 14.1. The van der Waals surface area contributed by atoms with Crippen molar-refractivity contribution in [2.75, 3.05) is 5.32 Å². The molecule has 0 bridgehead atoms. The van der Waals surface area contributed by atoms with Crippen molar-refractivity contribution in [3.63, 3.8) is 0 Å². The summed E-state index contributed by atoms with van der Waals surface area (Å²) in [6.07, 6.45) is 0. The number of aromatic nitrogens is 3. The molecule has 2 heterocycles. The van der Waals surface area contributed by atoms with Crippen LogP contribution in [0.1, 0.15) is 11.3 Å². The molecule has 154 valence electrons. The average molecular weight is 447 g/mol. The first kappa shape index (κ1) is 20.3.